The number of anilines is 1. The Labute approximate surface area is 187 Å². The minimum Gasteiger partial charge on any atom is -0.354 e. The van der Waals surface area contributed by atoms with Crippen LogP contribution in [0.15, 0.2) is 24.3 Å². The smallest absolute Gasteiger partial charge is 0.214 e. The molecular formula is C24H36N4O2S. The molecule has 2 heterocycles. The predicted octanol–water partition coefficient (Wildman–Crippen LogP) is 4.06. The first-order valence-electron chi connectivity index (χ1n) is 11.4. The fourth-order valence-electron chi connectivity index (χ4n) is 3.95. The molecule has 6 nitrogen and oxygen atoms in total. The van der Waals surface area contributed by atoms with Crippen LogP contribution in [0, 0.1) is 13.8 Å². The lowest BCUT2D eigenvalue weighted by molar-refractivity contribution is 0.383. The average molecular weight is 445 g/mol. The Morgan fingerprint density at radius 1 is 1.00 bits per heavy atom. The molecule has 0 saturated carbocycles. The number of piperazine rings is 1. The molecule has 1 aliphatic rings. The van der Waals surface area contributed by atoms with Crippen LogP contribution in [0.3, 0.4) is 0 Å². The zero-order valence-electron chi connectivity index (χ0n) is 19.6. The highest BCUT2D eigenvalue weighted by molar-refractivity contribution is 7.89. The van der Waals surface area contributed by atoms with Gasteiger partial charge in [0.15, 0.2) is 0 Å². The van der Waals surface area contributed by atoms with E-state index in [0.29, 0.717) is 32.6 Å². The van der Waals surface area contributed by atoms with E-state index in [1.807, 2.05) is 6.92 Å². The summed E-state index contributed by atoms with van der Waals surface area (Å²) in [6.45, 7) is 12.7. The second kappa shape index (κ2) is 10.1. The first kappa shape index (κ1) is 23.7. The second-order valence-electron chi connectivity index (χ2n) is 8.64. The van der Waals surface area contributed by atoms with Crippen molar-refractivity contribution < 1.29 is 8.42 Å². The van der Waals surface area contributed by atoms with Crippen LogP contribution in [0.25, 0.3) is 0 Å². The van der Waals surface area contributed by atoms with E-state index in [1.54, 1.807) is 4.31 Å². The molecule has 1 atom stereocenters. The maximum absolute atomic E-state index is 12.5. The fourth-order valence-corrected chi connectivity index (χ4v) is 5.44. The normalized spacial score (nSPS) is 16.5. The Bertz CT molecular complexity index is 981. The minimum absolute atomic E-state index is 0.219. The van der Waals surface area contributed by atoms with E-state index < -0.39 is 10.0 Å². The summed E-state index contributed by atoms with van der Waals surface area (Å²) in [7, 11) is -3.16. The van der Waals surface area contributed by atoms with Gasteiger partial charge in [0.25, 0.3) is 0 Å². The molecule has 1 fully saturated rings. The molecule has 0 radical (unpaired) electrons. The number of hydrogen-bond acceptors (Lipinski definition) is 5. The number of benzene rings is 1. The highest BCUT2D eigenvalue weighted by Gasteiger charge is 2.28. The van der Waals surface area contributed by atoms with Gasteiger partial charge < -0.3 is 4.90 Å². The van der Waals surface area contributed by atoms with E-state index in [4.69, 9.17) is 9.97 Å². The third-order valence-electron chi connectivity index (χ3n) is 6.16. The largest absolute Gasteiger partial charge is 0.354 e. The van der Waals surface area contributed by atoms with Crippen molar-refractivity contribution in [1.29, 1.82) is 0 Å². The standard InChI is InChI=1S/C24H36N4O2S/c1-6-16-31(29,30)28-14-12-27(13-15-28)24-22(17-21-10-8-18(3)9-11-21)20(5)25-23(26-24)19(4)7-2/h8-11,19H,6-7,12-17H2,1-5H3. The minimum atomic E-state index is -3.16. The molecule has 1 unspecified atom stereocenters. The van der Waals surface area contributed by atoms with Crippen molar-refractivity contribution in [2.45, 2.75) is 59.8 Å². The summed E-state index contributed by atoms with van der Waals surface area (Å²) in [6.07, 6.45) is 2.41. The number of hydrogen-bond donors (Lipinski definition) is 0. The fraction of sp³-hybridized carbons (Fsp3) is 0.583. The Balaban J connectivity index is 1.91. The molecule has 3 rings (SSSR count). The van der Waals surface area contributed by atoms with Crippen molar-refractivity contribution in [3.8, 4) is 0 Å². The third-order valence-corrected chi connectivity index (χ3v) is 8.23. The van der Waals surface area contributed by atoms with Crippen molar-refractivity contribution in [3.63, 3.8) is 0 Å². The molecule has 1 saturated heterocycles. The van der Waals surface area contributed by atoms with Gasteiger partial charge in [-0.05, 0) is 32.3 Å². The molecule has 0 spiro atoms. The van der Waals surface area contributed by atoms with E-state index in [1.165, 1.54) is 11.1 Å². The molecule has 2 aromatic rings. The molecule has 0 N–H and O–H groups in total. The summed E-state index contributed by atoms with van der Waals surface area (Å²) in [5.74, 6) is 2.35. The van der Waals surface area contributed by atoms with Crippen molar-refractivity contribution in [2.24, 2.45) is 0 Å². The Morgan fingerprint density at radius 3 is 2.23 bits per heavy atom. The van der Waals surface area contributed by atoms with E-state index in [0.717, 1.165) is 35.7 Å². The molecule has 0 amide bonds. The van der Waals surface area contributed by atoms with Gasteiger partial charge in [-0.2, -0.15) is 4.31 Å². The van der Waals surface area contributed by atoms with Gasteiger partial charge in [-0.15, -0.1) is 0 Å². The molecule has 1 aliphatic heterocycles. The van der Waals surface area contributed by atoms with Crippen LogP contribution in [0.1, 0.15) is 67.7 Å². The van der Waals surface area contributed by atoms with Gasteiger partial charge in [0.1, 0.15) is 11.6 Å². The van der Waals surface area contributed by atoms with Crippen molar-refractivity contribution in [1.82, 2.24) is 14.3 Å². The molecule has 0 aliphatic carbocycles. The maximum Gasteiger partial charge on any atom is 0.214 e. The number of sulfonamides is 1. The molecule has 7 heteroatoms. The Hall–Kier alpha value is -1.99. The molecule has 0 bridgehead atoms. The number of rotatable bonds is 8. The number of aryl methyl sites for hydroxylation is 2. The van der Waals surface area contributed by atoms with E-state index in [-0.39, 0.29) is 11.7 Å². The van der Waals surface area contributed by atoms with Gasteiger partial charge >= 0.3 is 0 Å². The van der Waals surface area contributed by atoms with Gasteiger partial charge in [0.2, 0.25) is 10.0 Å². The van der Waals surface area contributed by atoms with E-state index >= 15 is 0 Å². The van der Waals surface area contributed by atoms with Crippen molar-refractivity contribution >= 4 is 15.8 Å². The zero-order chi connectivity index (χ0) is 22.6. The number of aromatic nitrogens is 2. The Kier molecular flexibility index (Phi) is 7.70. The van der Waals surface area contributed by atoms with Crippen molar-refractivity contribution in [3.05, 3.63) is 52.5 Å². The molecule has 170 valence electrons. The zero-order valence-corrected chi connectivity index (χ0v) is 20.4. The van der Waals surface area contributed by atoms with Crippen LogP contribution in [-0.4, -0.2) is 54.6 Å². The van der Waals surface area contributed by atoms with Gasteiger partial charge in [-0.25, -0.2) is 18.4 Å². The van der Waals surface area contributed by atoms with Gasteiger partial charge in [0.05, 0.1) is 5.75 Å². The first-order valence-corrected chi connectivity index (χ1v) is 13.0. The van der Waals surface area contributed by atoms with E-state index in [9.17, 15) is 8.42 Å². The second-order valence-corrected chi connectivity index (χ2v) is 10.7. The van der Waals surface area contributed by atoms with Crippen LogP contribution >= 0.6 is 0 Å². The SMILES string of the molecule is CCCS(=O)(=O)N1CCN(c2nc(C(C)CC)nc(C)c2Cc2ccc(C)cc2)CC1. The molecule has 1 aromatic carbocycles. The maximum atomic E-state index is 12.5. The summed E-state index contributed by atoms with van der Waals surface area (Å²) in [5, 5.41) is 0. The van der Waals surface area contributed by atoms with Gasteiger partial charge in [-0.1, -0.05) is 50.6 Å². The van der Waals surface area contributed by atoms with Crippen LogP contribution in [0.4, 0.5) is 5.82 Å². The lowest BCUT2D eigenvalue weighted by Crippen LogP contribution is -2.49. The summed E-state index contributed by atoms with van der Waals surface area (Å²) < 4.78 is 26.6. The molecular weight excluding hydrogens is 408 g/mol. The quantitative estimate of drug-likeness (QED) is 0.614. The van der Waals surface area contributed by atoms with Crippen LogP contribution in [0.5, 0.6) is 0 Å². The van der Waals surface area contributed by atoms with Gasteiger partial charge in [-0.3, -0.25) is 0 Å². The van der Waals surface area contributed by atoms with Crippen LogP contribution in [0.2, 0.25) is 0 Å². The van der Waals surface area contributed by atoms with Crippen LogP contribution < -0.4 is 4.90 Å². The average Bonchev–Trinajstić information content (AvgIpc) is 2.76. The van der Waals surface area contributed by atoms with E-state index in [2.05, 4.69) is 56.9 Å². The summed E-state index contributed by atoms with van der Waals surface area (Å²) in [5.41, 5.74) is 4.63. The first-order chi connectivity index (χ1) is 14.7. The molecule has 31 heavy (non-hydrogen) atoms. The summed E-state index contributed by atoms with van der Waals surface area (Å²) in [4.78, 5) is 12.1. The third kappa shape index (κ3) is 5.63. The highest BCUT2D eigenvalue weighted by Crippen LogP contribution is 2.28. The Morgan fingerprint density at radius 2 is 1.65 bits per heavy atom. The lowest BCUT2D eigenvalue weighted by atomic mass is 10.0. The summed E-state index contributed by atoms with van der Waals surface area (Å²) in [6, 6.07) is 8.60. The molecule has 1 aromatic heterocycles. The lowest BCUT2D eigenvalue weighted by Gasteiger charge is -2.36. The van der Waals surface area contributed by atoms with Gasteiger partial charge in [0, 0.05) is 49.8 Å². The monoisotopic (exact) mass is 444 g/mol. The summed E-state index contributed by atoms with van der Waals surface area (Å²) >= 11 is 0. The highest BCUT2D eigenvalue weighted by atomic mass is 32.2. The topological polar surface area (TPSA) is 66.4 Å². The number of nitrogens with zero attached hydrogens (tertiary/aromatic N) is 4. The predicted molar refractivity (Wildman–Crippen MR) is 127 cm³/mol. The van der Waals surface area contributed by atoms with Crippen molar-refractivity contribution in [2.75, 3.05) is 36.8 Å². The van der Waals surface area contributed by atoms with Crippen LogP contribution in [-0.2, 0) is 16.4 Å².